The van der Waals surface area contributed by atoms with Gasteiger partial charge in [0.1, 0.15) is 17.8 Å². The standard InChI is InChI=1S/C8H13N3O3/c1-5-6(2-12)9-10-11(5)7-3-14-4-8(7)13/h7-8,12-13H,2-4H2,1H3/t7-,8-/m1/s1. The van der Waals surface area contributed by atoms with Gasteiger partial charge < -0.3 is 14.9 Å². The molecule has 0 saturated carbocycles. The molecule has 78 valence electrons. The quantitative estimate of drug-likeness (QED) is 0.639. The first kappa shape index (κ1) is 9.57. The van der Waals surface area contributed by atoms with Crippen LogP contribution in [0.4, 0.5) is 0 Å². The SMILES string of the molecule is Cc1c(CO)nnn1[C@@H]1COC[C@H]1O. The maximum Gasteiger partial charge on any atom is 0.111 e. The summed E-state index contributed by atoms with van der Waals surface area (Å²) < 4.78 is 6.73. The molecule has 1 aromatic rings. The fraction of sp³-hybridized carbons (Fsp3) is 0.750. The number of hydrogen-bond acceptors (Lipinski definition) is 5. The normalized spacial score (nSPS) is 27.1. The minimum atomic E-state index is -0.540. The van der Waals surface area contributed by atoms with E-state index in [1.807, 2.05) is 6.92 Å². The van der Waals surface area contributed by atoms with E-state index in [-0.39, 0.29) is 12.6 Å². The van der Waals surface area contributed by atoms with Crippen LogP contribution in [0.3, 0.4) is 0 Å². The Balaban J connectivity index is 2.27. The highest BCUT2D eigenvalue weighted by Crippen LogP contribution is 2.20. The molecule has 1 saturated heterocycles. The molecule has 1 fully saturated rings. The van der Waals surface area contributed by atoms with Gasteiger partial charge in [-0.2, -0.15) is 0 Å². The summed E-state index contributed by atoms with van der Waals surface area (Å²) in [6.45, 7) is 2.46. The fourth-order valence-corrected chi connectivity index (χ4v) is 1.60. The smallest absolute Gasteiger partial charge is 0.111 e. The second-order valence-electron chi connectivity index (χ2n) is 3.40. The topological polar surface area (TPSA) is 80.4 Å². The number of aromatic nitrogens is 3. The molecule has 1 aliphatic rings. The summed E-state index contributed by atoms with van der Waals surface area (Å²) >= 11 is 0. The minimum Gasteiger partial charge on any atom is -0.390 e. The molecule has 6 nitrogen and oxygen atoms in total. The second-order valence-corrected chi connectivity index (χ2v) is 3.40. The molecule has 1 aliphatic heterocycles. The fourth-order valence-electron chi connectivity index (χ4n) is 1.60. The van der Waals surface area contributed by atoms with Crippen molar-refractivity contribution in [1.82, 2.24) is 15.0 Å². The third kappa shape index (κ3) is 1.41. The molecule has 0 unspecified atom stereocenters. The average molecular weight is 199 g/mol. The molecule has 0 amide bonds. The first-order chi connectivity index (χ1) is 6.74. The summed E-state index contributed by atoms with van der Waals surface area (Å²) in [5.74, 6) is 0. The van der Waals surface area contributed by atoms with Gasteiger partial charge in [-0.3, -0.25) is 0 Å². The van der Waals surface area contributed by atoms with Gasteiger partial charge in [-0.1, -0.05) is 5.21 Å². The molecule has 0 aliphatic carbocycles. The molecule has 14 heavy (non-hydrogen) atoms. The summed E-state index contributed by atoms with van der Waals surface area (Å²) in [5.41, 5.74) is 1.33. The molecule has 2 rings (SSSR count). The highest BCUT2D eigenvalue weighted by Gasteiger charge is 2.30. The molecule has 0 aromatic carbocycles. The highest BCUT2D eigenvalue weighted by molar-refractivity contribution is 5.08. The molecule has 0 spiro atoms. The summed E-state index contributed by atoms with van der Waals surface area (Å²) in [4.78, 5) is 0. The summed E-state index contributed by atoms with van der Waals surface area (Å²) in [5, 5.41) is 26.2. The monoisotopic (exact) mass is 199 g/mol. The number of hydrogen-bond donors (Lipinski definition) is 2. The summed E-state index contributed by atoms with van der Waals surface area (Å²) in [6, 6.07) is -0.178. The van der Waals surface area contributed by atoms with Gasteiger partial charge in [-0.15, -0.1) is 5.10 Å². The van der Waals surface area contributed by atoms with Crippen molar-refractivity contribution in [1.29, 1.82) is 0 Å². The van der Waals surface area contributed by atoms with Gasteiger partial charge in [0.05, 0.1) is 25.5 Å². The van der Waals surface area contributed by atoms with Crippen LogP contribution in [0.15, 0.2) is 0 Å². The number of aliphatic hydroxyl groups is 2. The zero-order valence-electron chi connectivity index (χ0n) is 7.92. The molecular formula is C8H13N3O3. The van der Waals surface area contributed by atoms with Crippen LogP contribution in [0.25, 0.3) is 0 Å². The lowest BCUT2D eigenvalue weighted by atomic mass is 10.2. The third-order valence-electron chi connectivity index (χ3n) is 2.51. The summed E-state index contributed by atoms with van der Waals surface area (Å²) in [6.07, 6.45) is -0.540. The van der Waals surface area contributed by atoms with E-state index in [1.165, 1.54) is 0 Å². The van der Waals surface area contributed by atoms with Crippen LogP contribution in [0.1, 0.15) is 17.4 Å². The number of rotatable bonds is 2. The van der Waals surface area contributed by atoms with E-state index in [4.69, 9.17) is 9.84 Å². The van der Waals surface area contributed by atoms with E-state index >= 15 is 0 Å². The molecule has 2 atom stereocenters. The Morgan fingerprint density at radius 1 is 1.57 bits per heavy atom. The van der Waals surface area contributed by atoms with Crippen molar-refractivity contribution in [3.63, 3.8) is 0 Å². The van der Waals surface area contributed by atoms with E-state index in [0.717, 1.165) is 5.69 Å². The van der Waals surface area contributed by atoms with Crippen molar-refractivity contribution in [3.8, 4) is 0 Å². The van der Waals surface area contributed by atoms with E-state index in [9.17, 15) is 5.11 Å². The van der Waals surface area contributed by atoms with Gasteiger partial charge in [-0.25, -0.2) is 4.68 Å². The molecule has 6 heteroatoms. The van der Waals surface area contributed by atoms with Crippen molar-refractivity contribution in [2.45, 2.75) is 25.7 Å². The van der Waals surface area contributed by atoms with Crippen molar-refractivity contribution >= 4 is 0 Å². The first-order valence-corrected chi connectivity index (χ1v) is 4.51. The van der Waals surface area contributed by atoms with Gasteiger partial charge in [0.25, 0.3) is 0 Å². The molecule has 1 aromatic heterocycles. The maximum absolute atomic E-state index is 9.57. The Labute approximate surface area is 81.1 Å². The van der Waals surface area contributed by atoms with Crippen molar-refractivity contribution in [2.75, 3.05) is 13.2 Å². The van der Waals surface area contributed by atoms with Gasteiger partial charge in [-0.05, 0) is 6.92 Å². The van der Waals surface area contributed by atoms with Gasteiger partial charge in [0, 0.05) is 0 Å². The van der Waals surface area contributed by atoms with Gasteiger partial charge >= 0.3 is 0 Å². The van der Waals surface area contributed by atoms with Crippen molar-refractivity contribution in [2.24, 2.45) is 0 Å². The predicted octanol–water partition coefficient (Wildman–Crippen LogP) is -0.989. The Bertz CT molecular complexity index is 326. The first-order valence-electron chi connectivity index (χ1n) is 4.51. The van der Waals surface area contributed by atoms with Crippen LogP contribution in [0.5, 0.6) is 0 Å². The predicted molar refractivity (Wildman–Crippen MR) is 46.5 cm³/mol. The molecular weight excluding hydrogens is 186 g/mol. The zero-order chi connectivity index (χ0) is 10.1. The zero-order valence-corrected chi connectivity index (χ0v) is 7.92. The lowest BCUT2D eigenvalue weighted by Crippen LogP contribution is -2.24. The Morgan fingerprint density at radius 2 is 2.36 bits per heavy atom. The summed E-state index contributed by atoms with van der Waals surface area (Å²) in [7, 11) is 0. The van der Waals surface area contributed by atoms with Crippen LogP contribution in [-0.4, -0.2) is 44.5 Å². The Hall–Kier alpha value is -0.980. The number of ether oxygens (including phenoxy) is 1. The van der Waals surface area contributed by atoms with Crippen molar-refractivity contribution in [3.05, 3.63) is 11.4 Å². The second kappa shape index (κ2) is 3.64. The van der Waals surface area contributed by atoms with Crippen LogP contribution in [0.2, 0.25) is 0 Å². The largest absolute Gasteiger partial charge is 0.390 e. The molecule has 2 N–H and O–H groups in total. The Morgan fingerprint density at radius 3 is 2.86 bits per heavy atom. The van der Waals surface area contributed by atoms with Crippen LogP contribution in [-0.2, 0) is 11.3 Å². The lowest BCUT2D eigenvalue weighted by Gasteiger charge is -2.13. The lowest BCUT2D eigenvalue weighted by molar-refractivity contribution is 0.117. The van der Waals surface area contributed by atoms with Crippen LogP contribution in [0, 0.1) is 6.92 Å². The number of aliphatic hydroxyl groups excluding tert-OH is 2. The molecule has 2 heterocycles. The maximum atomic E-state index is 9.57. The average Bonchev–Trinajstić information content (AvgIpc) is 2.72. The van der Waals surface area contributed by atoms with Crippen LogP contribution < -0.4 is 0 Å². The third-order valence-corrected chi connectivity index (χ3v) is 2.51. The van der Waals surface area contributed by atoms with E-state index < -0.39 is 6.10 Å². The molecule has 0 radical (unpaired) electrons. The highest BCUT2D eigenvalue weighted by atomic mass is 16.5. The number of nitrogens with zero attached hydrogens (tertiary/aromatic N) is 3. The van der Waals surface area contributed by atoms with Gasteiger partial charge in [0.2, 0.25) is 0 Å². The Kier molecular flexibility index (Phi) is 2.49. The van der Waals surface area contributed by atoms with Crippen LogP contribution >= 0.6 is 0 Å². The molecule has 0 bridgehead atoms. The van der Waals surface area contributed by atoms with E-state index in [1.54, 1.807) is 4.68 Å². The van der Waals surface area contributed by atoms with Gasteiger partial charge in [0.15, 0.2) is 0 Å². The minimum absolute atomic E-state index is 0.129. The van der Waals surface area contributed by atoms with Crippen molar-refractivity contribution < 1.29 is 14.9 Å². The van der Waals surface area contributed by atoms with E-state index in [2.05, 4.69) is 10.3 Å². The van der Waals surface area contributed by atoms with E-state index in [0.29, 0.717) is 18.9 Å².